The van der Waals surface area contributed by atoms with Gasteiger partial charge in [-0.15, -0.1) is 0 Å². The summed E-state index contributed by atoms with van der Waals surface area (Å²) in [4.78, 5) is 11.2. The topological polar surface area (TPSA) is 35.5 Å². The predicted molar refractivity (Wildman–Crippen MR) is 42.6 cm³/mol. The number of fused-ring (bicyclic) bond motifs is 1. The highest BCUT2D eigenvalue weighted by Gasteiger charge is 2.59. The van der Waals surface area contributed by atoms with Gasteiger partial charge in [0.15, 0.2) is 0 Å². The highest BCUT2D eigenvalue weighted by molar-refractivity contribution is 5.75. The number of hydrogen-bond donors (Lipinski definition) is 0. The second-order valence-electron chi connectivity index (χ2n) is 3.83. The van der Waals surface area contributed by atoms with Gasteiger partial charge < -0.3 is 9.47 Å². The van der Waals surface area contributed by atoms with E-state index in [1.54, 1.807) is 0 Å². The molecular formula is C9H14O3. The van der Waals surface area contributed by atoms with Crippen LogP contribution in [0.5, 0.6) is 0 Å². The van der Waals surface area contributed by atoms with Gasteiger partial charge in [-0.3, -0.25) is 4.79 Å². The van der Waals surface area contributed by atoms with Crippen molar-refractivity contribution in [2.24, 2.45) is 11.8 Å². The van der Waals surface area contributed by atoms with E-state index < -0.39 is 0 Å². The smallest absolute Gasteiger partial charge is 0.311 e. The van der Waals surface area contributed by atoms with Gasteiger partial charge >= 0.3 is 5.97 Å². The zero-order valence-corrected chi connectivity index (χ0v) is 7.50. The fourth-order valence-corrected chi connectivity index (χ4v) is 2.39. The maximum absolute atomic E-state index is 11.2. The molecule has 68 valence electrons. The van der Waals surface area contributed by atoms with Gasteiger partial charge in [0.1, 0.15) is 0 Å². The molecule has 1 aliphatic carbocycles. The van der Waals surface area contributed by atoms with E-state index in [9.17, 15) is 4.79 Å². The fourth-order valence-electron chi connectivity index (χ4n) is 2.39. The lowest BCUT2D eigenvalue weighted by molar-refractivity contribution is -0.176. The number of carbonyl (C=O) groups is 1. The van der Waals surface area contributed by atoms with Crippen molar-refractivity contribution in [1.82, 2.24) is 0 Å². The van der Waals surface area contributed by atoms with Crippen LogP contribution in [0.3, 0.4) is 0 Å². The monoisotopic (exact) mass is 170 g/mol. The molecule has 0 aromatic rings. The molecule has 3 nitrogen and oxygen atoms in total. The molecule has 1 aliphatic heterocycles. The third kappa shape index (κ3) is 0.829. The molecule has 0 amide bonds. The first-order chi connectivity index (χ1) is 5.68. The van der Waals surface area contributed by atoms with Crippen LogP contribution in [-0.4, -0.2) is 25.3 Å². The number of ether oxygens (including phenoxy) is 2. The van der Waals surface area contributed by atoms with Crippen LogP contribution in [0.15, 0.2) is 0 Å². The van der Waals surface area contributed by atoms with Crippen molar-refractivity contribution >= 4 is 5.97 Å². The van der Waals surface area contributed by atoms with E-state index >= 15 is 0 Å². The SMILES string of the molecule is COC(=O)[C@@H]1C[C@H]2CCO[C@]21C. The van der Waals surface area contributed by atoms with E-state index in [0.29, 0.717) is 5.92 Å². The maximum atomic E-state index is 11.2. The molecule has 1 heterocycles. The van der Waals surface area contributed by atoms with Gasteiger partial charge in [-0.2, -0.15) is 0 Å². The second kappa shape index (κ2) is 2.46. The van der Waals surface area contributed by atoms with Gasteiger partial charge in [0.05, 0.1) is 18.6 Å². The van der Waals surface area contributed by atoms with Crippen LogP contribution < -0.4 is 0 Å². The van der Waals surface area contributed by atoms with Crippen LogP contribution in [0.25, 0.3) is 0 Å². The Morgan fingerprint density at radius 3 is 3.00 bits per heavy atom. The number of esters is 1. The fraction of sp³-hybridized carbons (Fsp3) is 0.889. The molecule has 0 aromatic carbocycles. The lowest BCUT2D eigenvalue weighted by atomic mass is 9.62. The molecule has 1 saturated heterocycles. The van der Waals surface area contributed by atoms with E-state index in [0.717, 1.165) is 19.4 Å². The number of carbonyl (C=O) groups excluding carboxylic acids is 1. The minimum absolute atomic E-state index is 0.0185. The summed E-state index contributed by atoms with van der Waals surface area (Å²) in [5, 5.41) is 0. The maximum Gasteiger partial charge on any atom is 0.311 e. The Bertz CT molecular complexity index is 214. The summed E-state index contributed by atoms with van der Waals surface area (Å²) in [5.74, 6) is 0.451. The first kappa shape index (κ1) is 8.05. The Morgan fingerprint density at radius 1 is 1.67 bits per heavy atom. The first-order valence-corrected chi connectivity index (χ1v) is 4.40. The molecule has 0 N–H and O–H groups in total. The molecule has 0 radical (unpaired) electrons. The van der Waals surface area contributed by atoms with Crippen LogP contribution >= 0.6 is 0 Å². The van der Waals surface area contributed by atoms with Gasteiger partial charge in [-0.25, -0.2) is 0 Å². The minimum Gasteiger partial charge on any atom is -0.469 e. The molecule has 2 rings (SSSR count). The quantitative estimate of drug-likeness (QED) is 0.550. The molecule has 0 unspecified atom stereocenters. The number of hydrogen-bond acceptors (Lipinski definition) is 3. The average molecular weight is 170 g/mol. The Balaban J connectivity index is 2.08. The largest absolute Gasteiger partial charge is 0.469 e. The third-order valence-corrected chi connectivity index (χ3v) is 3.39. The van der Waals surface area contributed by atoms with Gasteiger partial charge in [-0.05, 0) is 25.7 Å². The molecule has 0 spiro atoms. The molecule has 1 saturated carbocycles. The Labute approximate surface area is 72.0 Å². The third-order valence-electron chi connectivity index (χ3n) is 3.39. The van der Waals surface area contributed by atoms with E-state index in [4.69, 9.17) is 9.47 Å². The van der Waals surface area contributed by atoms with Gasteiger partial charge in [0, 0.05) is 6.61 Å². The molecule has 0 aromatic heterocycles. The summed E-state index contributed by atoms with van der Waals surface area (Å²) >= 11 is 0. The minimum atomic E-state index is -0.201. The summed E-state index contributed by atoms with van der Waals surface area (Å²) in [5.41, 5.74) is -0.201. The molecule has 2 aliphatic rings. The predicted octanol–water partition coefficient (Wildman–Crippen LogP) is 0.974. The van der Waals surface area contributed by atoms with Crippen LogP contribution in [0.2, 0.25) is 0 Å². The number of rotatable bonds is 1. The Morgan fingerprint density at radius 2 is 2.42 bits per heavy atom. The van der Waals surface area contributed by atoms with Crippen LogP contribution in [0, 0.1) is 11.8 Å². The van der Waals surface area contributed by atoms with Crippen molar-refractivity contribution in [3.05, 3.63) is 0 Å². The van der Waals surface area contributed by atoms with Crippen molar-refractivity contribution < 1.29 is 14.3 Å². The summed E-state index contributed by atoms with van der Waals surface area (Å²) in [6.45, 7) is 2.82. The summed E-state index contributed by atoms with van der Waals surface area (Å²) in [6.07, 6.45) is 2.05. The first-order valence-electron chi connectivity index (χ1n) is 4.40. The highest BCUT2D eigenvalue weighted by Crippen LogP contribution is 2.52. The highest BCUT2D eigenvalue weighted by atomic mass is 16.5. The average Bonchev–Trinajstić information content (AvgIpc) is 2.32. The lowest BCUT2D eigenvalue weighted by Gasteiger charge is -2.46. The van der Waals surface area contributed by atoms with Crippen LogP contribution in [0.4, 0.5) is 0 Å². The molecule has 12 heavy (non-hydrogen) atoms. The summed E-state index contributed by atoms with van der Waals surface area (Å²) < 4.78 is 10.3. The molecule has 3 atom stereocenters. The lowest BCUT2D eigenvalue weighted by Crippen LogP contribution is -2.54. The number of methoxy groups -OCH3 is 1. The summed E-state index contributed by atoms with van der Waals surface area (Å²) in [7, 11) is 1.44. The normalized spacial score (nSPS) is 44.8. The van der Waals surface area contributed by atoms with Crippen molar-refractivity contribution in [3.8, 4) is 0 Å². The Hall–Kier alpha value is -0.570. The van der Waals surface area contributed by atoms with Crippen LogP contribution in [-0.2, 0) is 14.3 Å². The molecule has 2 fully saturated rings. The second-order valence-corrected chi connectivity index (χ2v) is 3.83. The van der Waals surface area contributed by atoms with Crippen LogP contribution in [0.1, 0.15) is 19.8 Å². The summed E-state index contributed by atoms with van der Waals surface area (Å²) in [6, 6.07) is 0. The van der Waals surface area contributed by atoms with Crippen molar-refractivity contribution in [3.63, 3.8) is 0 Å². The molecular weight excluding hydrogens is 156 g/mol. The van der Waals surface area contributed by atoms with E-state index in [1.807, 2.05) is 6.92 Å². The zero-order valence-electron chi connectivity index (χ0n) is 7.50. The standard InChI is InChI=1S/C9H14O3/c1-9-6(3-4-12-9)5-7(9)8(10)11-2/h6-7H,3-5H2,1-2H3/t6-,7+,9-/m1/s1. The molecule has 0 bridgehead atoms. The van der Waals surface area contributed by atoms with Gasteiger partial charge in [-0.1, -0.05) is 0 Å². The van der Waals surface area contributed by atoms with E-state index in [1.165, 1.54) is 7.11 Å². The Kier molecular flexibility index (Phi) is 1.65. The van der Waals surface area contributed by atoms with Crippen molar-refractivity contribution in [2.45, 2.75) is 25.4 Å². The molecule has 3 heteroatoms. The zero-order chi connectivity index (χ0) is 8.77. The van der Waals surface area contributed by atoms with Gasteiger partial charge in [0.2, 0.25) is 0 Å². The van der Waals surface area contributed by atoms with Gasteiger partial charge in [0.25, 0.3) is 0 Å². The van der Waals surface area contributed by atoms with Crippen molar-refractivity contribution in [2.75, 3.05) is 13.7 Å². The van der Waals surface area contributed by atoms with E-state index in [2.05, 4.69) is 0 Å². The van der Waals surface area contributed by atoms with Crippen molar-refractivity contribution in [1.29, 1.82) is 0 Å². The van der Waals surface area contributed by atoms with E-state index in [-0.39, 0.29) is 17.5 Å².